The lowest BCUT2D eigenvalue weighted by atomic mass is 10.2. The van der Waals surface area contributed by atoms with Crippen LogP contribution in [0, 0.1) is 0 Å². The van der Waals surface area contributed by atoms with Crippen molar-refractivity contribution in [3.63, 3.8) is 0 Å². The third kappa shape index (κ3) is 4.79. The molecule has 0 aliphatic carbocycles. The number of rotatable bonds is 6. The molecule has 2 heterocycles. The van der Waals surface area contributed by atoms with E-state index < -0.39 is 10.0 Å². The van der Waals surface area contributed by atoms with E-state index in [2.05, 4.69) is 9.71 Å². The van der Waals surface area contributed by atoms with Crippen LogP contribution in [0.1, 0.15) is 0 Å². The number of sulfonamides is 1. The molecule has 4 aromatic rings. The minimum atomic E-state index is -3.81. The van der Waals surface area contributed by atoms with Crippen LogP contribution in [0.2, 0.25) is 10.0 Å². The first-order valence-corrected chi connectivity index (χ1v) is 12.6. The monoisotopic (exact) mass is 528 g/mol. The average molecular weight is 529 g/mol. The van der Waals surface area contributed by atoms with Crippen molar-refractivity contribution in [3.05, 3.63) is 99.9 Å². The third-order valence-corrected chi connectivity index (χ3v) is 7.40. The molecule has 178 valence electrons. The highest BCUT2D eigenvalue weighted by atomic mass is 35.5. The normalized spacial score (nSPS) is 13.2. The molecule has 11 heteroatoms. The molecule has 0 unspecified atom stereocenters. The summed E-state index contributed by atoms with van der Waals surface area (Å²) >= 11 is 11.9. The van der Waals surface area contributed by atoms with Gasteiger partial charge < -0.3 is 19.8 Å². The zero-order valence-corrected chi connectivity index (χ0v) is 20.3. The molecule has 1 aromatic heterocycles. The van der Waals surface area contributed by atoms with Crippen molar-refractivity contribution < 1.29 is 17.6 Å². The van der Waals surface area contributed by atoms with Gasteiger partial charge in [-0.3, -0.25) is 4.72 Å². The molecule has 0 saturated carbocycles. The SMILES string of the molecule is NC1=c2ccoc2=NCN1c1ccc(NS(=O)(=O)c2ccc(Oc3ccc(Cl)c(Cl)c3)cc2)cc1. The van der Waals surface area contributed by atoms with Crippen LogP contribution in [-0.2, 0) is 10.0 Å². The molecule has 3 N–H and O–H groups in total. The molecule has 3 aromatic carbocycles. The van der Waals surface area contributed by atoms with E-state index in [1.807, 2.05) is 4.90 Å². The van der Waals surface area contributed by atoms with Gasteiger partial charge in [0.15, 0.2) is 0 Å². The molecule has 0 bridgehead atoms. The molecule has 0 amide bonds. The first-order valence-electron chi connectivity index (χ1n) is 10.3. The van der Waals surface area contributed by atoms with Crippen molar-refractivity contribution in [1.29, 1.82) is 0 Å². The van der Waals surface area contributed by atoms with E-state index in [1.165, 1.54) is 18.4 Å². The van der Waals surface area contributed by atoms with Crippen molar-refractivity contribution in [3.8, 4) is 11.5 Å². The van der Waals surface area contributed by atoms with Crippen LogP contribution >= 0.6 is 23.2 Å². The lowest BCUT2D eigenvalue weighted by Crippen LogP contribution is -2.42. The Labute approximate surface area is 210 Å². The Bertz CT molecular complexity index is 1620. The molecule has 0 atom stereocenters. The number of hydrogen-bond donors (Lipinski definition) is 2. The van der Waals surface area contributed by atoms with Gasteiger partial charge in [-0.25, -0.2) is 13.4 Å². The molecule has 0 spiro atoms. The fourth-order valence-electron chi connectivity index (χ4n) is 3.48. The van der Waals surface area contributed by atoms with Gasteiger partial charge in [-0.05, 0) is 66.7 Å². The van der Waals surface area contributed by atoms with E-state index in [0.717, 1.165) is 5.69 Å². The Hall–Kier alpha value is -3.66. The number of anilines is 2. The van der Waals surface area contributed by atoms with Crippen LogP contribution < -0.4 is 30.9 Å². The number of halogens is 2. The molecule has 8 nitrogen and oxygen atoms in total. The summed E-state index contributed by atoms with van der Waals surface area (Å²) < 4.78 is 39.3. The van der Waals surface area contributed by atoms with Crippen LogP contribution in [0.3, 0.4) is 0 Å². The second-order valence-electron chi connectivity index (χ2n) is 7.55. The minimum Gasteiger partial charge on any atom is -0.457 e. The standard InChI is InChI=1S/C24H18Cl2N4O4S/c25-21-10-7-18(13-22(21)26)34-17-5-8-19(9-6-17)35(31,32)29-15-1-3-16(4-2-15)30-14-28-24-20(23(30)27)11-12-33-24/h1-13,29H,14,27H2. The van der Waals surface area contributed by atoms with Gasteiger partial charge in [-0.15, -0.1) is 0 Å². The predicted molar refractivity (Wildman–Crippen MR) is 135 cm³/mol. The molecular formula is C24H18Cl2N4O4S. The van der Waals surface area contributed by atoms with Crippen LogP contribution in [0.5, 0.6) is 11.5 Å². The lowest BCUT2D eigenvalue weighted by molar-refractivity contribution is 0.482. The lowest BCUT2D eigenvalue weighted by Gasteiger charge is -2.24. The Morgan fingerprint density at radius 1 is 0.943 bits per heavy atom. The molecule has 0 saturated heterocycles. The predicted octanol–water partition coefficient (Wildman–Crippen LogP) is 4.30. The van der Waals surface area contributed by atoms with Gasteiger partial charge in [-0.2, -0.15) is 0 Å². The third-order valence-electron chi connectivity index (χ3n) is 5.26. The molecule has 1 aliphatic heterocycles. The van der Waals surface area contributed by atoms with E-state index >= 15 is 0 Å². The van der Waals surface area contributed by atoms with Gasteiger partial charge in [0.2, 0.25) is 5.55 Å². The van der Waals surface area contributed by atoms with Crippen LogP contribution in [0.4, 0.5) is 11.4 Å². The topological polar surface area (TPSA) is 110 Å². The highest BCUT2D eigenvalue weighted by Gasteiger charge is 2.17. The summed E-state index contributed by atoms with van der Waals surface area (Å²) in [6, 6.07) is 19.5. The van der Waals surface area contributed by atoms with Gasteiger partial charge in [-0.1, -0.05) is 23.2 Å². The van der Waals surface area contributed by atoms with Crippen molar-refractivity contribution in [1.82, 2.24) is 0 Å². The quantitative estimate of drug-likeness (QED) is 0.386. The Morgan fingerprint density at radius 2 is 1.66 bits per heavy atom. The maximum Gasteiger partial charge on any atom is 0.261 e. The fraction of sp³-hybridized carbons (Fsp3) is 0.0417. The van der Waals surface area contributed by atoms with Crippen molar-refractivity contribution in [2.24, 2.45) is 10.7 Å². The maximum atomic E-state index is 12.9. The second-order valence-corrected chi connectivity index (χ2v) is 10.1. The number of ether oxygens (including phenoxy) is 1. The highest BCUT2D eigenvalue weighted by molar-refractivity contribution is 7.92. The number of furan rings is 1. The largest absolute Gasteiger partial charge is 0.457 e. The number of nitrogens with one attached hydrogen (secondary N) is 1. The smallest absolute Gasteiger partial charge is 0.261 e. The highest BCUT2D eigenvalue weighted by Crippen LogP contribution is 2.30. The number of benzene rings is 3. The number of nitrogens with two attached hydrogens (primary N) is 1. The second kappa shape index (κ2) is 9.18. The molecule has 5 rings (SSSR count). The number of fused-ring (bicyclic) bond motifs is 1. The fourth-order valence-corrected chi connectivity index (χ4v) is 4.83. The van der Waals surface area contributed by atoms with E-state index in [-0.39, 0.29) is 4.90 Å². The summed E-state index contributed by atoms with van der Waals surface area (Å²) in [5.74, 6) is 1.45. The summed E-state index contributed by atoms with van der Waals surface area (Å²) in [6.07, 6.45) is 1.54. The summed E-state index contributed by atoms with van der Waals surface area (Å²) in [4.78, 5) is 6.24. The Morgan fingerprint density at radius 3 is 2.37 bits per heavy atom. The number of hydrogen-bond acceptors (Lipinski definition) is 7. The van der Waals surface area contributed by atoms with Crippen LogP contribution in [0.15, 0.2) is 93.4 Å². The number of nitrogens with zero attached hydrogens (tertiary/aromatic N) is 2. The van der Waals surface area contributed by atoms with Gasteiger partial charge in [0, 0.05) is 17.4 Å². The molecule has 0 radical (unpaired) electrons. The van der Waals surface area contributed by atoms with Crippen molar-refractivity contribution in [2.75, 3.05) is 16.3 Å². The molecular weight excluding hydrogens is 511 g/mol. The van der Waals surface area contributed by atoms with Gasteiger partial charge >= 0.3 is 0 Å². The van der Waals surface area contributed by atoms with E-state index in [1.54, 1.807) is 60.7 Å². The maximum absolute atomic E-state index is 12.9. The minimum absolute atomic E-state index is 0.0861. The zero-order valence-electron chi connectivity index (χ0n) is 18.0. The molecule has 1 aliphatic rings. The summed E-state index contributed by atoms with van der Waals surface area (Å²) in [5, 5.41) is 1.49. The summed E-state index contributed by atoms with van der Waals surface area (Å²) in [5.41, 5.74) is 7.92. The molecule has 0 fully saturated rings. The van der Waals surface area contributed by atoms with Crippen LogP contribution in [0.25, 0.3) is 5.82 Å². The van der Waals surface area contributed by atoms with Crippen LogP contribution in [-0.4, -0.2) is 15.1 Å². The van der Waals surface area contributed by atoms with Crippen molar-refractivity contribution in [2.45, 2.75) is 4.90 Å². The summed E-state index contributed by atoms with van der Waals surface area (Å²) in [7, 11) is -3.81. The average Bonchev–Trinajstić information content (AvgIpc) is 3.33. The van der Waals surface area contributed by atoms with E-state index in [4.69, 9.17) is 38.1 Å². The van der Waals surface area contributed by atoms with E-state index in [0.29, 0.717) is 50.5 Å². The first-order chi connectivity index (χ1) is 16.8. The first kappa shape index (κ1) is 23.1. The van der Waals surface area contributed by atoms with Gasteiger partial charge in [0.25, 0.3) is 10.0 Å². The van der Waals surface area contributed by atoms with Gasteiger partial charge in [0.1, 0.15) is 24.0 Å². The molecule has 35 heavy (non-hydrogen) atoms. The van der Waals surface area contributed by atoms with Gasteiger partial charge in [0.05, 0.1) is 26.4 Å². The van der Waals surface area contributed by atoms with E-state index in [9.17, 15) is 8.42 Å². The Kier molecular flexibility index (Phi) is 6.06. The zero-order chi connectivity index (χ0) is 24.6. The van der Waals surface area contributed by atoms with Crippen molar-refractivity contribution >= 4 is 50.4 Å². The Balaban J connectivity index is 1.29. The summed E-state index contributed by atoms with van der Waals surface area (Å²) in [6.45, 7) is 0.300.